The summed E-state index contributed by atoms with van der Waals surface area (Å²) >= 11 is 8.97. The Balaban J connectivity index is 2.03. The van der Waals surface area contributed by atoms with Crippen molar-refractivity contribution in [1.82, 2.24) is 4.98 Å². The Morgan fingerprint density at radius 3 is 2.89 bits per heavy atom. The molecule has 0 saturated heterocycles. The van der Waals surface area contributed by atoms with Crippen molar-refractivity contribution in [3.8, 4) is 0 Å². The number of rotatable bonds is 3. The highest BCUT2D eigenvalue weighted by atomic mass is 35.5. The molecule has 1 heterocycles. The van der Waals surface area contributed by atoms with Gasteiger partial charge in [0.2, 0.25) is 5.91 Å². The van der Waals surface area contributed by atoms with Gasteiger partial charge in [-0.15, -0.1) is 11.8 Å². The molecule has 0 fully saturated rings. The molecule has 1 amide bonds. The van der Waals surface area contributed by atoms with Crippen LogP contribution in [-0.2, 0) is 4.79 Å². The Morgan fingerprint density at radius 1 is 1.47 bits per heavy atom. The second-order valence-corrected chi connectivity index (χ2v) is 8.35. The van der Waals surface area contributed by atoms with Gasteiger partial charge in [-0.1, -0.05) is 43.7 Å². The van der Waals surface area contributed by atoms with Crippen LogP contribution >= 0.6 is 34.7 Å². The van der Waals surface area contributed by atoms with Crippen molar-refractivity contribution in [3.05, 3.63) is 23.2 Å². The summed E-state index contributed by atoms with van der Waals surface area (Å²) in [6.07, 6.45) is 0. The predicted octanol–water partition coefficient (Wildman–Crippen LogP) is 4.42. The van der Waals surface area contributed by atoms with Gasteiger partial charge in [-0.25, -0.2) is 4.98 Å². The number of nitrogens with zero attached hydrogens (tertiary/aromatic N) is 1. The fraction of sp³-hybridized carbons (Fsp3) is 0.385. The summed E-state index contributed by atoms with van der Waals surface area (Å²) in [7, 11) is 0. The summed E-state index contributed by atoms with van der Waals surface area (Å²) in [6.45, 7) is 6.26. The van der Waals surface area contributed by atoms with E-state index in [1.807, 2.05) is 12.1 Å². The Hall–Kier alpha value is -0.780. The molecule has 0 bridgehead atoms. The largest absolute Gasteiger partial charge is 0.301 e. The third-order valence-electron chi connectivity index (χ3n) is 2.23. The van der Waals surface area contributed by atoms with Gasteiger partial charge in [-0.3, -0.25) is 4.79 Å². The third kappa shape index (κ3) is 4.37. The minimum Gasteiger partial charge on any atom is -0.301 e. The fourth-order valence-corrected chi connectivity index (χ4v) is 3.18. The van der Waals surface area contributed by atoms with Crippen molar-refractivity contribution in [2.75, 3.05) is 11.1 Å². The van der Waals surface area contributed by atoms with Crippen LogP contribution in [0.4, 0.5) is 5.13 Å². The van der Waals surface area contributed by atoms with Gasteiger partial charge in [0.1, 0.15) is 0 Å². The van der Waals surface area contributed by atoms with Crippen LogP contribution in [0.15, 0.2) is 18.2 Å². The maximum absolute atomic E-state index is 11.8. The van der Waals surface area contributed by atoms with Crippen LogP contribution in [-0.4, -0.2) is 21.4 Å². The van der Waals surface area contributed by atoms with E-state index in [0.717, 1.165) is 10.2 Å². The monoisotopic (exact) mass is 314 g/mol. The molecule has 1 N–H and O–H groups in total. The van der Waals surface area contributed by atoms with Crippen LogP contribution in [0.2, 0.25) is 5.02 Å². The molecule has 1 aromatic heterocycles. The van der Waals surface area contributed by atoms with Crippen molar-refractivity contribution >= 4 is 56.0 Å². The maximum Gasteiger partial charge on any atom is 0.236 e. The van der Waals surface area contributed by atoms with E-state index in [-0.39, 0.29) is 10.7 Å². The molecular formula is C13H15ClN2OS2. The van der Waals surface area contributed by atoms with E-state index in [2.05, 4.69) is 31.1 Å². The number of hydrogen-bond donors (Lipinski definition) is 1. The molecule has 0 aliphatic rings. The molecule has 0 aliphatic carbocycles. The molecule has 0 aliphatic heterocycles. The fourth-order valence-electron chi connectivity index (χ4n) is 1.39. The molecule has 1 aromatic carbocycles. The van der Waals surface area contributed by atoms with Crippen LogP contribution in [0.25, 0.3) is 10.2 Å². The highest BCUT2D eigenvalue weighted by Gasteiger charge is 2.14. The van der Waals surface area contributed by atoms with Gasteiger partial charge in [0.05, 0.1) is 16.0 Å². The number of hydrogen-bond acceptors (Lipinski definition) is 4. The highest BCUT2D eigenvalue weighted by Crippen LogP contribution is 2.29. The molecule has 6 heteroatoms. The van der Waals surface area contributed by atoms with E-state index < -0.39 is 0 Å². The molecule has 0 saturated carbocycles. The van der Waals surface area contributed by atoms with Crippen molar-refractivity contribution in [3.63, 3.8) is 0 Å². The van der Waals surface area contributed by atoms with E-state index in [1.54, 1.807) is 17.8 Å². The molecule has 102 valence electrons. The molecule has 19 heavy (non-hydrogen) atoms. The summed E-state index contributed by atoms with van der Waals surface area (Å²) in [4.78, 5) is 16.2. The zero-order valence-electron chi connectivity index (χ0n) is 11.0. The zero-order valence-corrected chi connectivity index (χ0v) is 13.4. The van der Waals surface area contributed by atoms with Gasteiger partial charge in [0.25, 0.3) is 0 Å². The van der Waals surface area contributed by atoms with Crippen LogP contribution in [0.1, 0.15) is 20.8 Å². The van der Waals surface area contributed by atoms with Crippen molar-refractivity contribution < 1.29 is 4.79 Å². The molecule has 3 nitrogen and oxygen atoms in total. The van der Waals surface area contributed by atoms with E-state index in [1.165, 1.54) is 11.3 Å². The molecule has 2 rings (SSSR count). The third-order valence-corrected chi connectivity index (χ3v) is 4.67. The topological polar surface area (TPSA) is 42.0 Å². The maximum atomic E-state index is 11.8. The molecule has 0 unspecified atom stereocenters. The molecule has 0 atom stereocenters. The summed E-state index contributed by atoms with van der Waals surface area (Å²) in [5, 5.41) is 4.13. The number of carbonyl (C=O) groups excluding carboxylic acids is 1. The number of anilines is 1. The molecule has 0 spiro atoms. The van der Waals surface area contributed by atoms with E-state index in [4.69, 9.17) is 11.6 Å². The number of aromatic nitrogens is 1. The van der Waals surface area contributed by atoms with Crippen molar-refractivity contribution in [1.29, 1.82) is 0 Å². The van der Waals surface area contributed by atoms with Crippen LogP contribution < -0.4 is 5.32 Å². The molecule has 2 aromatic rings. The van der Waals surface area contributed by atoms with Gasteiger partial charge in [-0.2, -0.15) is 0 Å². The Kier molecular flexibility index (Phi) is 4.38. The number of benzene rings is 1. The van der Waals surface area contributed by atoms with Crippen LogP contribution in [0.5, 0.6) is 0 Å². The number of nitrogens with one attached hydrogen (secondary N) is 1. The van der Waals surface area contributed by atoms with Crippen molar-refractivity contribution in [2.24, 2.45) is 0 Å². The first kappa shape index (κ1) is 14.6. The number of amides is 1. The number of thioether (sulfide) groups is 1. The number of halogens is 1. The first-order valence-electron chi connectivity index (χ1n) is 5.83. The average molecular weight is 315 g/mol. The second-order valence-electron chi connectivity index (χ2n) is 5.08. The first-order valence-corrected chi connectivity index (χ1v) is 8.01. The van der Waals surface area contributed by atoms with E-state index in [9.17, 15) is 4.79 Å². The van der Waals surface area contributed by atoms with E-state index in [0.29, 0.717) is 15.9 Å². The minimum atomic E-state index is -0.0231. The summed E-state index contributed by atoms with van der Waals surface area (Å²) in [5.41, 5.74) is 0.855. The first-order chi connectivity index (χ1) is 8.83. The van der Waals surface area contributed by atoms with Crippen LogP contribution in [0, 0.1) is 0 Å². The summed E-state index contributed by atoms with van der Waals surface area (Å²) < 4.78 is 1.06. The molecular weight excluding hydrogens is 300 g/mol. The smallest absolute Gasteiger partial charge is 0.236 e. The summed E-state index contributed by atoms with van der Waals surface area (Å²) in [6, 6.07) is 5.51. The van der Waals surface area contributed by atoms with Gasteiger partial charge < -0.3 is 5.32 Å². The standard InChI is InChI=1S/C13H15ClN2OS2/c1-13(2,3)18-7-11(17)16-12-15-9-5-4-8(14)6-10(9)19-12/h4-6H,7H2,1-3H3,(H,15,16,17). The number of carbonyl (C=O) groups is 1. The lowest BCUT2D eigenvalue weighted by molar-refractivity contribution is -0.113. The van der Waals surface area contributed by atoms with Gasteiger partial charge in [0, 0.05) is 9.77 Å². The second kappa shape index (κ2) is 5.69. The Bertz CT molecular complexity index is 604. The SMILES string of the molecule is CC(C)(C)SCC(=O)Nc1nc2ccc(Cl)cc2s1. The molecule has 0 radical (unpaired) electrons. The number of thiazole rings is 1. The van der Waals surface area contributed by atoms with Gasteiger partial charge in [-0.05, 0) is 18.2 Å². The predicted molar refractivity (Wildman–Crippen MR) is 85.5 cm³/mol. The zero-order chi connectivity index (χ0) is 14.0. The van der Waals surface area contributed by atoms with Gasteiger partial charge >= 0.3 is 0 Å². The van der Waals surface area contributed by atoms with E-state index >= 15 is 0 Å². The minimum absolute atomic E-state index is 0.0231. The Labute approximate surface area is 125 Å². The quantitative estimate of drug-likeness (QED) is 0.911. The lowest BCUT2D eigenvalue weighted by atomic mass is 10.3. The van der Waals surface area contributed by atoms with Gasteiger partial charge in [0.15, 0.2) is 5.13 Å². The number of fused-ring (bicyclic) bond motifs is 1. The van der Waals surface area contributed by atoms with Crippen molar-refractivity contribution in [2.45, 2.75) is 25.5 Å². The lowest BCUT2D eigenvalue weighted by Crippen LogP contribution is -2.18. The Morgan fingerprint density at radius 2 is 2.21 bits per heavy atom. The summed E-state index contributed by atoms with van der Waals surface area (Å²) in [5.74, 6) is 0.408. The average Bonchev–Trinajstić information content (AvgIpc) is 2.66. The normalized spacial score (nSPS) is 11.8. The van der Waals surface area contributed by atoms with Crippen LogP contribution in [0.3, 0.4) is 0 Å². The lowest BCUT2D eigenvalue weighted by Gasteiger charge is -2.16. The highest BCUT2D eigenvalue weighted by molar-refractivity contribution is 8.01.